The first-order valence-corrected chi connectivity index (χ1v) is 6.75. The van der Waals surface area contributed by atoms with Crippen LogP contribution in [0.25, 0.3) is 0 Å². The molecule has 1 heterocycles. The maximum absolute atomic E-state index is 12.0. The van der Waals surface area contributed by atoms with Crippen molar-refractivity contribution in [1.82, 2.24) is 10.2 Å². The van der Waals surface area contributed by atoms with Crippen molar-refractivity contribution in [2.75, 3.05) is 40.0 Å². The zero-order chi connectivity index (χ0) is 14.3. The summed E-state index contributed by atoms with van der Waals surface area (Å²) in [6.45, 7) is 7.01. The third-order valence-corrected chi connectivity index (χ3v) is 3.46. The van der Waals surface area contributed by atoms with Crippen LogP contribution in [-0.4, -0.2) is 62.8 Å². The van der Waals surface area contributed by atoms with Crippen molar-refractivity contribution in [3.63, 3.8) is 0 Å². The van der Waals surface area contributed by atoms with E-state index < -0.39 is 6.04 Å². The first-order valence-electron chi connectivity index (χ1n) is 6.75. The molecular formula is C13H24N2O4. The number of carbonyl (C=O) groups excluding carboxylic acids is 2. The number of carbonyl (C=O) groups is 2. The summed E-state index contributed by atoms with van der Waals surface area (Å²) in [5.74, 6) is -0.469. The first kappa shape index (κ1) is 15.9. The first-order chi connectivity index (χ1) is 9.08. The van der Waals surface area contributed by atoms with Crippen molar-refractivity contribution in [2.45, 2.75) is 26.3 Å². The van der Waals surface area contributed by atoms with Gasteiger partial charge in [-0.15, -0.1) is 0 Å². The third kappa shape index (κ3) is 5.16. The summed E-state index contributed by atoms with van der Waals surface area (Å²) >= 11 is 0. The number of hydrogen-bond acceptors (Lipinski definition) is 5. The molecule has 19 heavy (non-hydrogen) atoms. The van der Waals surface area contributed by atoms with Crippen LogP contribution in [0.4, 0.5) is 0 Å². The molecule has 0 bridgehead atoms. The number of morpholine rings is 1. The van der Waals surface area contributed by atoms with Crippen molar-refractivity contribution in [3.05, 3.63) is 0 Å². The van der Waals surface area contributed by atoms with E-state index in [1.807, 2.05) is 18.7 Å². The molecule has 2 atom stereocenters. The van der Waals surface area contributed by atoms with Gasteiger partial charge in [-0.1, -0.05) is 20.3 Å². The molecule has 110 valence electrons. The highest BCUT2D eigenvalue weighted by molar-refractivity contribution is 5.85. The van der Waals surface area contributed by atoms with E-state index in [0.29, 0.717) is 19.8 Å². The molecule has 1 saturated heterocycles. The van der Waals surface area contributed by atoms with Gasteiger partial charge in [0.1, 0.15) is 6.04 Å². The predicted molar refractivity (Wildman–Crippen MR) is 70.7 cm³/mol. The van der Waals surface area contributed by atoms with Gasteiger partial charge in [-0.25, -0.2) is 4.79 Å². The molecule has 6 heteroatoms. The lowest BCUT2D eigenvalue weighted by atomic mass is 9.99. The molecule has 1 N–H and O–H groups in total. The Bertz CT molecular complexity index is 303. The van der Waals surface area contributed by atoms with Gasteiger partial charge in [0.05, 0.1) is 26.9 Å². The fraction of sp³-hybridized carbons (Fsp3) is 0.846. The number of esters is 1. The van der Waals surface area contributed by atoms with E-state index in [1.165, 1.54) is 7.11 Å². The second-order valence-electron chi connectivity index (χ2n) is 4.84. The molecule has 1 aliphatic rings. The fourth-order valence-corrected chi connectivity index (χ4v) is 1.98. The van der Waals surface area contributed by atoms with Gasteiger partial charge < -0.3 is 14.8 Å². The molecule has 1 aliphatic heterocycles. The average Bonchev–Trinajstić information content (AvgIpc) is 2.44. The van der Waals surface area contributed by atoms with Crippen molar-refractivity contribution in [2.24, 2.45) is 5.92 Å². The normalized spacial score (nSPS) is 19.5. The summed E-state index contributed by atoms with van der Waals surface area (Å²) in [6.07, 6.45) is 0.803. The van der Waals surface area contributed by atoms with Gasteiger partial charge in [0, 0.05) is 13.1 Å². The minimum Gasteiger partial charge on any atom is -0.467 e. The standard InChI is InChI=1S/C13H24N2O4/c1-4-10(2)12(13(17)18-3)14-11(16)9-15-5-7-19-8-6-15/h10,12H,4-9H2,1-3H3,(H,14,16). The van der Waals surface area contributed by atoms with Gasteiger partial charge in [-0.05, 0) is 5.92 Å². The Morgan fingerprint density at radius 1 is 1.37 bits per heavy atom. The minimum absolute atomic E-state index is 0.0566. The Labute approximate surface area is 114 Å². The molecule has 0 aromatic rings. The SMILES string of the molecule is CCC(C)C(NC(=O)CN1CCOCC1)C(=O)OC. The topological polar surface area (TPSA) is 67.9 Å². The van der Waals surface area contributed by atoms with E-state index in [2.05, 4.69) is 5.32 Å². The fourth-order valence-electron chi connectivity index (χ4n) is 1.98. The van der Waals surface area contributed by atoms with Crippen molar-refractivity contribution in [1.29, 1.82) is 0 Å². The number of rotatable bonds is 6. The van der Waals surface area contributed by atoms with Crippen LogP contribution in [0.15, 0.2) is 0 Å². The van der Waals surface area contributed by atoms with Crippen LogP contribution >= 0.6 is 0 Å². The minimum atomic E-state index is -0.566. The van der Waals surface area contributed by atoms with E-state index in [9.17, 15) is 9.59 Å². The lowest BCUT2D eigenvalue weighted by Crippen LogP contribution is -2.50. The van der Waals surface area contributed by atoms with Gasteiger partial charge in [-0.2, -0.15) is 0 Å². The molecule has 0 aliphatic carbocycles. The molecule has 0 radical (unpaired) electrons. The smallest absolute Gasteiger partial charge is 0.328 e. The molecule has 0 saturated carbocycles. The summed E-state index contributed by atoms with van der Waals surface area (Å²) in [4.78, 5) is 25.6. The zero-order valence-electron chi connectivity index (χ0n) is 12.0. The monoisotopic (exact) mass is 272 g/mol. The molecule has 1 amide bonds. The quantitative estimate of drug-likeness (QED) is 0.691. The Hall–Kier alpha value is -1.14. The predicted octanol–water partition coefficient (Wildman–Crippen LogP) is 0.0225. The van der Waals surface area contributed by atoms with Crippen LogP contribution in [0.3, 0.4) is 0 Å². The zero-order valence-corrected chi connectivity index (χ0v) is 12.0. The van der Waals surface area contributed by atoms with Crippen molar-refractivity contribution < 1.29 is 19.1 Å². The number of nitrogens with one attached hydrogen (secondary N) is 1. The Morgan fingerprint density at radius 3 is 2.53 bits per heavy atom. The summed E-state index contributed by atoms with van der Waals surface area (Å²) in [5, 5.41) is 2.77. The van der Waals surface area contributed by atoms with Crippen LogP contribution in [0.1, 0.15) is 20.3 Å². The summed E-state index contributed by atoms with van der Waals surface area (Å²) < 4.78 is 9.97. The molecule has 0 aromatic heterocycles. The van der Waals surface area contributed by atoms with Gasteiger partial charge in [0.15, 0.2) is 0 Å². The van der Waals surface area contributed by atoms with Crippen molar-refractivity contribution >= 4 is 11.9 Å². The van der Waals surface area contributed by atoms with Crippen LogP contribution in [0, 0.1) is 5.92 Å². The molecule has 1 rings (SSSR count). The maximum Gasteiger partial charge on any atom is 0.328 e. The van der Waals surface area contributed by atoms with E-state index in [0.717, 1.165) is 19.5 Å². The molecule has 0 spiro atoms. The van der Waals surface area contributed by atoms with Crippen LogP contribution in [-0.2, 0) is 19.1 Å². The summed E-state index contributed by atoms with van der Waals surface area (Å²) in [5.41, 5.74) is 0. The second-order valence-corrected chi connectivity index (χ2v) is 4.84. The third-order valence-electron chi connectivity index (χ3n) is 3.46. The second kappa shape index (κ2) is 8.12. The molecule has 0 aromatic carbocycles. The number of hydrogen-bond donors (Lipinski definition) is 1. The molecule has 1 fully saturated rings. The Balaban J connectivity index is 2.48. The highest BCUT2D eigenvalue weighted by Gasteiger charge is 2.27. The van der Waals surface area contributed by atoms with Gasteiger partial charge in [-0.3, -0.25) is 9.69 Å². The number of nitrogens with zero attached hydrogens (tertiary/aromatic N) is 1. The number of amides is 1. The Morgan fingerprint density at radius 2 is 2.00 bits per heavy atom. The average molecular weight is 272 g/mol. The summed E-state index contributed by atoms with van der Waals surface area (Å²) in [7, 11) is 1.34. The summed E-state index contributed by atoms with van der Waals surface area (Å²) in [6, 6.07) is -0.566. The Kier molecular flexibility index (Phi) is 6.80. The molecular weight excluding hydrogens is 248 g/mol. The van der Waals surface area contributed by atoms with Gasteiger partial charge in [0.2, 0.25) is 5.91 Å². The van der Waals surface area contributed by atoms with Crippen LogP contribution in [0.5, 0.6) is 0 Å². The van der Waals surface area contributed by atoms with Crippen LogP contribution in [0.2, 0.25) is 0 Å². The maximum atomic E-state index is 12.0. The van der Waals surface area contributed by atoms with Crippen LogP contribution < -0.4 is 5.32 Å². The lowest BCUT2D eigenvalue weighted by molar-refractivity contribution is -0.146. The highest BCUT2D eigenvalue weighted by Crippen LogP contribution is 2.09. The van der Waals surface area contributed by atoms with Gasteiger partial charge >= 0.3 is 5.97 Å². The number of methoxy groups -OCH3 is 1. The molecule has 2 unspecified atom stereocenters. The highest BCUT2D eigenvalue weighted by atomic mass is 16.5. The van der Waals surface area contributed by atoms with E-state index in [1.54, 1.807) is 0 Å². The van der Waals surface area contributed by atoms with E-state index >= 15 is 0 Å². The lowest BCUT2D eigenvalue weighted by Gasteiger charge is -2.27. The molecule has 6 nitrogen and oxygen atoms in total. The number of ether oxygens (including phenoxy) is 2. The van der Waals surface area contributed by atoms with Gasteiger partial charge in [0.25, 0.3) is 0 Å². The van der Waals surface area contributed by atoms with E-state index in [4.69, 9.17) is 9.47 Å². The van der Waals surface area contributed by atoms with Crippen molar-refractivity contribution in [3.8, 4) is 0 Å². The largest absolute Gasteiger partial charge is 0.467 e. The van der Waals surface area contributed by atoms with E-state index in [-0.39, 0.29) is 17.8 Å².